The zero-order chi connectivity index (χ0) is 20.8. The van der Waals surface area contributed by atoms with Gasteiger partial charge in [-0.3, -0.25) is 9.59 Å². The van der Waals surface area contributed by atoms with Gasteiger partial charge < -0.3 is 14.5 Å². The lowest BCUT2D eigenvalue weighted by molar-refractivity contribution is 0.0774. The second-order valence-electron chi connectivity index (χ2n) is 6.70. The quantitative estimate of drug-likeness (QED) is 0.579. The molecule has 150 valence electrons. The summed E-state index contributed by atoms with van der Waals surface area (Å²) < 4.78 is 5.80. The summed E-state index contributed by atoms with van der Waals surface area (Å²) in [5.41, 5.74) is 2.13. The lowest BCUT2D eigenvalue weighted by atomic mass is 10.1. The number of carbonyl (C=O) groups is 2. The summed E-state index contributed by atoms with van der Waals surface area (Å²) in [6, 6.07) is 18.6. The van der Waals surface area contributed by atoms with Gasteiger partial charge in [0.2, 0.25) is 0 Å². The first-order valence-corrected chi connectivity index (χ1v) is 10.2. The Bertz CT molecular complexity index is 985. The molecule has 3 aromatic rings. The number of aryl methyl sites for hydroxylation is 1. The van der Waals surface area contributed by atoms with Gasteiger partial charge in [-0.25, -0.2) is 0 Å². The van der Waals surface area contributed by atoms with Crippen molar-refractivity contribution in [3.63, 3.8) is 0 Å². The lowest BCUT2D eigenvalue weighted by Gasteiger charge is -2.23. The van der Waals surface area contributed by atoms with Crippen LogP contribution in [0.5, 0.6) is 5.75 Å². The molecule has 3 rings (SSSR count). The summed E-state index contributed by atoms with van der Waals surface area (Å²) in [6.07, 6.45) is 0. The standard InChI is InChI=1S/C23H24N2O3S/c1-17-9-4-7-12-20(17)28-15-14-24(2)22(26)18-10-5-6-11-19(18)25(3)23(27)21-13-8-16-29-21/h4-13,16H,14-15H2,1-3H3. The van der Waals surface area contributed by atoms with E-state index in [1.54, 1.807) is 43.3 Å². The molecule has 1 aromatic heterocycles. The van der Waals surface area contributed by atoms with E-state index >= 15 is 0 Å². The maximum absolute atomic E-state index is 13.0. The van der Waals surface area contributed by atoms with E-state index in [1.165, 1.54) is 16.2 Å². The smallest absolute Gasteiger partial charge is 0.268 e. The second-order valence-corrected chi connectivity index (χ2v) is 7.65. The van der Waals surface area contributed by atoms with Crippen molar-refractivity contribution in [1.29, 1.82) is 0 Å². The summed E-state index contributed by atoms with van der Waals surface area (Å²) >= 11 is 1.38. The summed E-state index contributed by atoms with van der Waals surface area (Å²) in [5.74, 6) is 0.528. The van der Waals surface area contributed by atoms with Crippen molar-refractivity contribution in [1.82, 2.24) is 4.90 Å². The molecule has 2 aromatic carbocycles. The molecular weight excluding hydrogens is 384 g/mol. The number of nitrogens with zero attached hydrogens (tertiary/aromatic N) is 2. The fourth-order valence-corrected chi connectivity index (χ4v) is 3.64. The highest BCUT2D eigenvalue weighted by Gasteiger charge is 2.22. The molecule has 2 amide bonds. The molecule has 29 heavy (non-hydrogen) atoms. The predicted molar refractivity (Wildman–Crippen MR) is 117 cm³/mol. The van der Waals surface area contributed by atoms with Gasteiger partial charge in [0, 0.05) is 14.1 Å². The summed E-state index contributed by atoms with van der Waals surface area (Å²) in [4.78, 5) is 29.5. The number of amides is 2. The van der Waals surface area contributed by atoms with Crippen molar-refractivity contribution in [2.24, 2.45) is 0 Å². The number of ether oxygens (including phenoxy) is 1. The van der Waals surface area contributed by atoms with Crippen LogP contribution in [-0.2, 0) is 0 Å². The molecule has 5 nitrogen and oxygen atoms in total. The van der Waals surface area contributed by atoms with Gasteiger partial charge in [-0.1, -0.05) is 36.4 Å². The Kier molecular flexibility index (Phi) is 6.67. The first-order chi connectivity index (χ1) is 14.0. The number of carbonyl (C=O) groups excluding carboxylic acids is 2. The van der Waals surface area contributed by atoms with Crippen LogP contribution in [0.15, 0.2) is 66.0 Å². The van der Waals surface area contributed by atoms with Crippen LogP contribution in [0.25, 0.3) is 0 Å². The number of para-hydroxylation sites is 2. The van der Waals surface area contributed by atoms with Crippen molar-refractivity contribution < 1.29 is 14.3 Å². The minimum atomic E-state index is -0.153. The Hall–Kier alpha value is -3.12. The molecular formula is C23H24N2O3S. The van der Waals surface area contributed by atoms with Crippen molar-refractivity contribution >= 4 is 28.8 Å². The predicted octanol–water partition coefficient (Wildman–Crippen LogP) is 4.48. The van der Waals surface area contributed by atoms with E-state index in [0.29, 0.717) is 29.3 Å². The number of rotatable bonds is 7. The molecule has 0 aliphatic carbocycles. The third-order valence-corrected chi connectivity index (χ3v) is 5.51. The lowest BCUT2D eigenvalue weighted by Crippen LogP contribution is -2.33. The number of hydrogen-bond donors (Lipinski definition) is 0. The highest BCUT2D eigenvalue weighted by molar-refractivity contribution is 7.12. The SMILES string of the molecule is Cc1ccccc1OCCN(C)C(=O)c1ccccc1N(C)C(=O)c1cccs1. The number of hydrogen-bond acceptors (Lipinski definition) is 4. The van der Waals surface area contributed by atoms with Crippen molar-refractivity contribution in [2.45, 2.75) is 6.92 Å². The first kappa shape index (κ1) is 20.6. The van der Waals surface area contributed by atoms with Crippen LogP contribution in [0.1, 0.15) is 25.6 Å². The highest BCUT2D eigenvalue weighted by Crippen LogP contribution is 2.24. The Balaban J connectivity index is 1.69. The molecule has 0 N–H and O–H groups in total. The largest absolute Gasteiger partial charge is 0.491 e. The first-order valence-electron chi connectivity index (χ1n) is 9.33. The van der Waals surface area contributed by atoms with Crippen LogP contribution < -0.4 is 9.64 Å². The average Bonchev–Trinajstić information content (AvgIpc) is 3.28. The normalized spacial score (nSPS) is 10.4. The summed E-state index contributed by atoms with van der Waals surface area (Å²) in [6.45, 7) is 2.81. The summed E-state index contributed by atoms with van der Waals surface area (Å²) in [7, 11) is 3.43. The monoisotopic (exact) mass is 408 g/mol. The molecule has 0 spiro atoms. The van der Waals surface area contributed by atoms with Gasteiger partial charge in [0.15, 0.2) is 0 Å². The minimum Gasteiger partial charge on any atom is -0.491 e. The molecule has 0 aliphatic rings. The second kappa shape index (κ2) is 9.39. The van der Waals surface area contributed by atoms with Crippen LogP contribution in [-0.4, -0.2) is 44.0 Å². The van der Waals surface area contributed by atoms with Crippen LogP contribution >= 0.6 is 11.3 Å². The van der Waals surface area contributed by atoms with E-state index in [4.69, 9.17) is 4.74 Å². The molecule has 6 heteroatoms. The van der Waals surface area contributed by atoms with Crippen LogP contribution in [0.3, 0.4) is 0 Å². The van der Waals surface area contributed by atoms with Crippen molar-refractivity contribution in [2.75, 3.05) is 32.1 Å². The van der Waals surface area contributed by atoms with Crippen LogP contribution in [0, 0.1) is 6.92 Å². The van der Waals surface area contributed by atoms with Gasteiger partial charge >= 0.3 is 0 Å². The van der Waals surface area contributed by atoms with E-state index in [1.807, 2.05) is 48.7 Å². The maximum atomic E-state index is 13.0. The highest BCUT2D eigenvalue weighted by atomic mass is 32.1. The van der Waals surface area contributed by atoms with E-state index in [9.17, 15) is 9.59 Å². The maximum Gasteiger partial charge on any atom is 0.268 e. The Morgan fingerprint density at radius 2 is 1.66 bits per heavy atom. The molecule has 0 atom stereocenters. The molecule has 0 radical (unpaired) electrons. The average molecular weight is 409 g/mol. The van der Waals surface area contributed by atoms with Crippen molar-refractivity contribution in [3.05, 3.63) is 82.0 Å². The van der Waals surface area contributed by atoms with E-state index in [2.05, 4.69) is 0 Å². The van der Waals surface area contributed by atoms with Gasteiger partial charge in [-0.2, -0.15) is 0 Å². The van der Waals surface area contributed by atoms with E-state index in [-0.39, 0.29) is 11.8 Å². The van der Waals surface area contributed by atoms with Crippen molar-refractivity contribution in [3.8, 4) is 5.75 Å². The zero-order valence-corrected chi connectivity index (χ0v) is 17.6. The van der Waals surface area contributed by atoms with E-state index in [0.717, 1.165) is 11.3 Å². The Morgan fingerprint density at radius 1 is 0.931 bits per heavy atom. The van der Waals surface area contributed by atoms with Gasteiger partial charge in [0.05, 0.1) is 22.7 Å². The van der Waals surface area contributed by atoms with Crippen LogP contribution in [0.2, 0.25) is 0 Å². The topological polar surface area (TPSA) is 49.9 Å². The molecule has 0 saturated carbocycles. The van der Waals surface area contributed by atoms with Gasteiger partial charge in [0.25, 0.3) is 11.8 Å². The van der Waals surface area contributed by atoms with Crippen LogP contribution in [0.4, 0.5) is 5.69 Å². The number of likely N-dealkylation sites (N-methyl/N-ethyl adjacent to an activating group) is 1. The third-order valence-electron chi connectivity index (χ3n) is 4.66. The van der Waals surface area contributed by atoms with E-state index < -0.39 is 0 Å². The molecule has 0 saturated heterocycles. The zero-order valence-electron chi connectivity index (χ0n) is 16.8. The molecule has 0 aliphatic heterocycles. The van der Waals surface area contributed by atoms with Gasteiger partial charge in [-0.05, 0) is 42.1 Å². The number of benzene rings is 2. The molecule has 0 bridgehead atoms. The molecule has 0 fully saturated rings. The summed E-state index contributed by atoms with van der Waals surface area (Å²) in [5, 5.41) is 1.86. The Labute approximate surface area is 175 Å². The fraction of sp³-hybridized carbons (Fsp3) is 0.217. The minimum absolute atomic E-state index is 0.134. The number of thiophene rings is 1. The third kappa shape index (κ3) is 4.84. The molecule has 1 heterocycles. The fourth-order valence-electron chi connectivity index (χ4n) is 2.94. The van der Waals surface area contributed by atoms with Gasteiger partial charge in [-0.15, -0.1) is 11.3 Å². The molecule has 0 unspecified atom stereocenters. The number of anilines is 1. The Morgan fingerprint density at radius 3 is 2.38 bits per heavy atom. The van der Waals surface area contributed by atoms with Gasteiger partial charge in [0.1, 0.15) is 12.4 Å².